The van der Waals surface area contributed by atoms with Crippen LogP contribution in [0.15, 0.2) is 18.2 Å². The lowest BCUT2D eigenvalue weighted by molar-refractivity contribution is -0.131. The Kier molecular flexibility index (Phi) is 5.48. The molecule has 0 heterocycles. The molecule has 1 aromatic carbocycles. The van der Waals surface area contributed by atoms with Crippen molar-refractivity contribution in [2.75, 3.05) is 21.0 Å². The molecule has 0 saturated carbocycles. The Labute approximate surface area is 110 Å². The fourth-order valence-corrected chi connectivity index (χ4v) is 1.54. The molecule has 0 radical (unpaired) electrons. The average Bonchev–Trinajstić information content (AvgIpc) is 2.34. The molecule has 0 aliphatic rings. The fraction of sp³-hybridized carbons (Fsp3) is 0.250. The Hall–Kier alpha value is -1.72. The van der Waals surface area contributed by atoms with Gasteiger partial charge in [0.25, 0.3) is 0 Å². The van der Waals surface area contributed by atoms with Crippen molar-refractivity contribution in [1.29, 1.82) is 0 Å². The molecule has 1 aromatic rings. The molecule has 0 saturated heterocycles. The van der Waals surface area contributed by atoms with Crippen LogP contribution in [-0.2, 0) is 9.53 Å². The zero-order valence-corrected chi connectivity index (χ0v) is 10.7. The number of aliphatic carboxylic acids is 1. The van der Waals surface area contributed by atoms with Crippen molar-refractivity contribution in [2.45, 2.75) is 0 Å². The van der Waals surface area contributed by atoms with E-state index in [0.29, 0.717) is 22.1 Å². The number of methoxy groups -OCH3 is 2. The highest BCUT2D eigenvalue weighted by Crippen LogP contribution is 2.36. The number of carboxylic acids is 1. The topological polar surface area (TPSA) is 65.0 Å². The summed E-state index contributed by atoms with van der Waals surface area (Å²) in [6.07, 6.45) is 2.43. The van der Waals surface area contributed by atoms with E-state index in [1.807, 2.05) is 0 Å². The van der Waals surface area contributed by atoms with Crippen LogP contribution in [0.4, 0.5) is 0 Å². The van der Waals surface area contributed by atoms with Crippen molar-refractivity contribution < 1.29 is 24.1 Å². The lowest BCUT2D eigenvalue weighted by Gasteiger charge is -2.12. The van der Waals surface area contributed by atoms with Gasteiger partial charge in [0.2, 0.25) is 0 Å². The van der Waals surface area contributed by atoms with Crippen molar-refractivity contribution in [3.63, 3.8) is 0 Å². The first kappa shape index (κ1) is 14.3. The Balaban J connectivity index is 3.06. The predicted molar refractivity (Wildman–Crippen MR) is 67.2 cm³/mol. The highest BCUT2D eigenvalue weighted by atomic mass is 35.5. The first-order chi connectivity index (χ1) is 8.58. The highest BCUT2D eigenvalue weighted by molar-refractivity contribution is 6.32. The second kappa shape index (κ2) is 6.88. The van der Waals surface area contributed by atoms with Crippen molar-refractivity contribution in [2.24, 2.45) is 0 Å². The van der Waals surface area contributed by atoms with Crippen molar-refractivity contribution in [1.82, 2.24) is 0 Å². The van der Waals surface area contributed by atoms with Crippen LogP contribution in [0.3, 0.4) is 0 Å². The van der Waals surface area contributed by atoms with Gasteiger partial charge in [0.05, 0.1) is 12.1 Å². The molecule has 18 heavy (non-hydrogen) atoms. The second-order valence-electron chi connectivity index (χ2n) is 3.26. The molecule has 6 heteroatoms. The highest BCUT2D eigenvalue weighted by Gasteiger charge is 2.11. The van der Waals surface area contributed by atoms with E-state index in [4.69, 9.17) is 30.9 Å². The van der Waals surface area contributed by atoms with Crippen LogP contribution in [0.1, 0.15) is 5.56 Å². The van der Waals surface area contributed by atoms with Crippen LogP contribution in [0, 0.1) is 0 Å². The molecule has 0 bridgehead atoms. The van der Waals surface area contributed by atoms with Crippen LogP contribution in [0.2, 0.25) is 5.02 Å². The molecular formula is C12H13ClO5. The van der Waals surface area contributed by atoms with Gasteiger partial charge < -0.3 is 19.3 Å². The average molecular weight is 273 g/mol. The number of ether oxygens (including phenoxy) is 3. The molecule has 0 unspecified atom stereocenters. The third-order valence-electron chi connectivity index (χ3n) is 1.99. The molecule has 0 fully saturated rings. The molecular weight excluding hydrogens is 260 g/mol. The minimum atomic E-state index is -1.04. The summed E-state index contributed by atoms with van der Waals surface area (Å²) in [5, 5.41) is 8.87. The fourth-order valence-electron chi connectivity index (χ4n) is 1.26. The van der Waals surface area contributed by atoms with E-state index in [-0.39, 0.29) is 6.79 Å². The number of hydrogen-bond donors (Lipinski definition) is 1. The molecule has 1 N–H and O–H groups in total. The largest absolute Gasteiger partial charge is 0.493 e. The van der Waals surface area contributed by atoms with Crippen molar-refractivity contribution >= 4 is 23.6 Å². The number of halogens is 1. The predicted octanol–water partition coefficient (Wildman–Crippen LogP) is 2.43. The molecule has 0 spiro atoms. The monoisotopic (exact) mass is 272 g/mol. The maximum Gasteiger partial charge on any atom is 0.328 e. The maximum atomic E-state index is 10.4. The van der Waals surface area contributed by atoms with Gasteiger partial charge in [0, 0.05) is 13.2 Å². The third-order valence-corrected chi connectivity index (χ3v) is 2.27. The van der Waals surface area contributed by atoms with Crippen LogP contribution < -0.4 is 9.47 Å². The second-order valence-corrected chi connectivity index (χ2v) is 3.66. The summed E-state index contributed by atoms with van der Waals surface area (Å²) in [5.41, 5.74) is 0.601. The Morgan fingerprint density at radius 1 is 1.44 bits per heavy atom. The van der Waals surface area contributed by atoms with E-state index < -0.39 is 5.97 Å². The zero-order chi connectivity index (χ0) is 13.5. The first-order valence-electron chi connectivity index (χ1n) is 4.98. The molecule has 0 amide bonds. The van der Waals surface area contributed by atoms with Crippen molar-refractivity contribution in [3.05, 3.63) is 28.8 Å². The van der Waals surface area contributed by atoms with E-state index in [1.54, 1.807) is 12.1 Å². The first-order valence-corrected chi connectivity index (χ1v) is 5.36. The normalized spacial score (nSPS) is 10.6. The number of carboxylic acid groups (broad SMARTS) is 1. The van der Waals surface area contributed by atoms with Gasteiger partial charge >= 0.3 is 5.97 Å². The number of hydrogen-bond acceptors (Lipinski definition) is 4. The molecule has 5 nitrogen and oxygen atoms in total. The summed E-state index contributed by atoms with van der Waals surface area (Å²) < 4.78 is 15.2. The summed E-state index contributed by atoms with van der Waals surface area (Å²) >= 11 is 6.02. The molecule has 0 aliphatic carbocycles. The molecule has 0 aromatic heterocycles. The van der Waals surface area contributed by atoms with Gasteiger partial charge in [-0.15, -0.1) is 0 Å². The SMILES string of the molecule is COCOc1c(Cl)cc(C=CC(=O)O)cc1OC. The van der Waals surface area contributed by atoms with Crippen LogP contribution in [0.5, 0.6) is 11.5 Å². The maximum absolute atomic E-state index is 10.4. The smallest absolute Gasteiger partial charge is 0.328 e. The number of rotatable bonds is 6. The van der Waals surface area contributed by atoms with Crippen LogP contribution in [0.25, 0.3) is 6.08 Å². The quantitative estimate of drug-likeness (QED) is 0.636. The molecule has 0 aliphatic heterocycles. The zero-order valence-electron chi connectivity index (χ0n) is 9.97. The van der Waals surface area contributed by atoms with Gasteiger partial charge in [-0.2, -0.15) is 0 Å². The minimum absolute atomic E-state index is 0.0421. The molecule has 98 valence electrons. The van der Waals surface area contributed by atoms with E-state index in [1.165, 1.54) is 20.3 Å². The lowest BCUT2D eigenvalue weighted by atomic mass is 10.2. The lowest BCUT2D eigenvalue weighted by Crippen LogP contribution is -2.01. The Bertz CT molecular complexity index is 456. The van der Waals surface area contributed by atoms with Gasteiger partial charge in [-0.3, -0.25) is 0 Å². The van der Waals surface area contributed by atoms with Crippen LogP contribution >= 0.6 is 11.6 Å². The van der Waals surface area contributed by atoms with Crippen molar-refractivity contribution in [3.8, 4) is 11.5 Å². The van der Waals surface area contributed by atoms with Gasteiger partial charge in [-0.1, -0.05) is 11.6 Å². The third kappa shape index (κ3) is 3.94. The van der Waals surface area contributed by atoms with Crippen LogP contribution in [-0.4, -0.2) is 32.1 Å². The summed E-state index contributed by atoms with van der Waals surface area (Å²) in [4.78, 5) is 10.4. The van der Waals surface area contributed by atoms with Gasteiger partial charge in [0.15, 0.2) is 18.3 Å². The molecule has 1 rings (SSSR count). The Morgan fingerprint density at radius 2 is 2.17 bits per heavy atom. The number of benzene rings is 1. The summed E-state index contributed by atoms with van der Waals surface area (Å²) in [6.45, 7) is 0.0421. The van der Waals surface area contributed by atoms with Gasteiger partial charge in [-0.05, 0) is 23.8 Å². The van der Waals surface area contributed by atoms with Gasteiger partial charge in [0.1, 0.15) is 0 Å². The van der Waals surface area contributed by atoms with E-state index in [2.05, 4.69) is 0 Å². The molecule has 0 atom stereocenters. The summed E-state index contributed by atoms with van der Waals surface area (Å²) in [6, 6.07) is 3.20. The summed E-state index contributed by atoms with van der Waals surface area (Å²) in [5.74, 6) is -0.275. The standard InChI is InChI=1S/C12H13ClO5/c1-16-7-18-12-9(13)5-8(3-4-11(14)15)6-10(12)17-2/h3-6H,7H2,1-2H3,(H,14,15). The van der Waals surface area contributed by atoms with E-state index >= 15 is 0 Å². The van der Waals surface area contributed by atoms with Gasteiger partial charge in [-0.25, -0.2) is 4.79 Å². The minimum Gasteiger partial charge on any atom is -0.493 e. The summed E-state index contributed by atoms with van der Waals surface area (Å²) in [7, 11) is 2.96. The Morgan fingerprint density at radius 3 is 2.72 bits per heavy atom. The van der Waals surface area contributed by atoms with E-state index in [0.717, 1.165) is 6.08 Å². The van der Waals surface area contributed by atoms with E-state index in [9.17, 15) is 4.79 Å². The number of carbonyl (C=O) groups is 1.